The van der Waals surface area contributed by atoms with E-state index in [4.69, 9.17) is 5.11 Å². The van der Waals surface area contributed by atoms with Crippen molar-refractivity contribution in [2.24, 2.45) is 0 Å². The number of likely N-dealkylation sites (tertiary alicyclic amines) is 1. The Morgan fingerprint density at radius 2 is 1.86 bits per heavy atom. The van der Waals surface area contributed by atoms with Crippen LogP contribution in [0, 0.1) is 0 Å². The lowest BCUT2D eigenvalue weighted by atomic mass is 10.1. The van der Waals surface area contributed by atoms with Crippen LogP contribution in [-0.2, 0) is 4.74 Å². The minimum absolute atomic E-state index is 0.0891. The Hall–Kier alpha value is -0.980. The molecular weight excluding hydrogens is 203 g/mol. The number of nitrogens with zero attached hydrogens (tertiary/aromatic N) is 1. The molecule has 1 aliphatic heterocycles. The summed E-state index contributed by atoms with van der Waals surface area (Å²) in [6.45, 7) is 0.187. The molecule has 0 aromatic carbocycles. The SMILES string of the molecule is O=C(O)N1CCC(OC(F)(F)F)CC1. The summed E-state index contributed by atoms with van der Waals surface area (Å²) >= 11 is 0. The number of alkyl halides is 3. The van der Waals surface area contributed by atoms with Crippen LogP contribution in [0.1, 0.15) is 12.8 Å². The van der Waals surface area contributed by atoms with Crippen molar-refractivity contribution in [3.8, 4) is 0 Å². The summed E-state index contributed by atoms with van der Waals surface area (Å²) in [7, 11) is 0. The summed E-state index contributed by atoms with van der Waals surface area (Å²) in [5.41, 5.74) is 0. The lowest BCUT2D eigenvalue weighted by Crippen LogP contribution is -2.41. The van der Waals surface area contributed by atoms with E-state index in [0.29, 0.717) is 0 Å². The Labute approximate surface area is 78.2 Å². The first-order valence-corrected chi connectivity index (χ1v) is 4.11. The molecule has 0 saturated carbocycles. The number of hydrogen-bond acceptors (Lipinski definition) is 2. The molecule has 1 rings (SSSR count). The molecule has 0 bridgehead atoms. The van der Waals surface area contributed by atoms with Gasteiger partial charge < -0.3 is 10.0 Å². The van der Waals surface area contributed by atoms with Gasteiger partial charge in [0.2, 0.25) is 0 Å². The van der Waals surface area contributed by atoms with Gasteiger partial charge in [-0.2, -0.15) is 0 Å². The molecule has 1 fully saturated rings. The zero-order valence-corrected chi connectivity index (χ0v) is 7.25. The van der Waals surface area contributed by atoms with Crippen molar-refractivity contribution in [1.82, 2.24) is 4.90 Å². The number of ether oxygens (including phenoxy) is 1. The number of carbonyl (C=O) groups is 1. The van der Waals surface area contributed by atoms with Crippen LogP contribution in [0.5, 0.6) is 0 Å². The third-order valence-electron chi connectivity index (χ3n) is 2.01. The number of halogens is 3. The van der Waals surface area contributed by atoms with Crippen LogP contribution in [0.25, 0.3) is 0 Å². The number of rotatable bonds is 1. The van der Waals surface area contributed by atoms with Crippen LogP contribution in [0.4, 0.5) is 18.0 Å². The number of carboxylic acid groups (broad SMARTS) is 1. The highest BCUT2D eigenvalue weighted by Gasteiger charge is 2.35. The molecule has 1 saturated heterocycles. The lowest BCUT2D eigenvalue weighted by Gasteiger charge is -2.30. The molecule has 1 N–H and O–H groups in total. The van der Waals surface area contributed by atoms with E-state index in [1.807, 2.05) is 0 Å². The zero-order valence-electron chi connectivity index (χ0n) is 7.25. The molecule has 0 aromatic rings. The van der Waals surface area contributed by atoms with Crippen molar-refractivity contribution in [3.05, 3.63) is 0 Å². The van der Waals surface area contributed by atoms with Crippen LogP contribution in [0.3, 0.4) is 0 Å². The molecule has 0 spiro atoms. The second-order valence-corrected chi connectivity index (χ2v) is 3.03. The van der Waals surface area contributed by atoms with Crippen molar-refractivity contribution >= 4 is 6.09 Å². The molecule has 1 amide bonds. The highest BCUT2D eigenvalue weighted by Crippen LogP contribution is 2.24. The summed E-state index contributed by atoms with van der Waals surface area (Å²) in [6.07, 6.45) is -6.46. The summed E-state index contributed by atoms with van der Waals surface area (Å²) in [6, 6.07) is 0. The van der Waals surface area contributed by atoms with Crippen molar-refractivity contribution in [2.45, 2.75) is 25.3 Å². The van der Waals surface area contributed by atoms with Gasteiger partial charge in [0.25, 0.3) is 0 Å². The van der Waals surface area contributed by atoms with E-state index in [1.165, 1.54) is 0 Å². The highest BCUT2D eigenvalue weighted by atomic mass is 19.4. The van der Waals surface area contributed by atoms with Crippen LogP contribution in [0.2, 0.25) is 0 Å². The van der Waals surface area contributed by atoms with Crippen molar-refractivity contribution in [3.63, 3.8) is 0 Å². The Balaban J connectivity index is 2.33. The molecule has 7 heteroatoms. The summed E-state index contributed by atoms with van der Waals surface area (Å²) in [4.78, 5) is 11.5. The minimum Gasteiger partial charge on any atom is -0.465 e. The van der Waals surface area contributed by atoms with E-state index in [2.05, 4.69) is 4.74 Å². The highest BCUT2D eigenvalue weighted by molar-refractivity contribution is 5.64. The van der Waals surface area contributed by atoms with Crippen molar-refractivity contribution in [2.75, 3.05) is 13.1 Å². The normalized spacial score (nSPS) is 19.8. The van der Waals surface area contributed by atoms with Crippen molar-refractivity contribution < 1.29 is 27.8 Å². The molecule has 1 heterocycles. The quantitative estimate of drug-likeness (QED) is 0.720. The maximum atomic E-state index is 11.7. The van der Waals surface area contributed by atoms with Gasteiger partial charge in [-0.15, -0.1) is 13.2 Å². The Kier molecular flexibility index (Phi) is 3.20. The Morgan fingerprint density at radius 1 is 1.36 bits per heavy atom. The molecule has 4 nitrogen and oxygen atoms in total. The van der Waals surface area contributed by atoms with E-state index in [9.17, 15) is 18.0 Å². The molecule has 0 radical (unpaired) electrons. The fourth-order valence-corrected chi connectivity index (χ4v) is 1.35. The minimum atomic E-state index is -4.63. The molecule has 0 atom stereocenters. The lowest BCUT2D eigenvalue weighted by molar-refractivity contribution is -0.345. The summed E-state index contributed by atoms with van der Waals surface area (Å²) < 4.78 is 39.0. The first-order valence-electron chi connectivity index (χ1n) is 4.11. The average Bonchev–Trinajstić information content (AvgIpc) is 2.02. The number of piperidine rings is 1. The van der Waals surface area contributed by atoms with Gasteiger partial charge in [-0.3, -0.25) is 4.74 Å². The topological polar surface area (TPSA) is 49.8 Å². The van der Waals surface area contributed by atoms with Gasteiger partial charge >= 0.3 is 12.5 Å². The van der Waals surface area contributed by atoms with Crippen LogP contribution in [-0.4, -0.2) is 41.7 Å². The largest absolute Gasteiger partial charge is 0.522 e. The summed E-state index contributed by atoms with van der Waals surface area (Å²) in [5, 5.41) is 8.52. The first kappa shape index (κ1) is 11.1. The van der Waals surface area contributed by atoms with Crippen LogP contribution >= 0.6 is 0 Å². The average molecular weight is 213 g/mol. The van der Waals surface area contributed by atoms with E-state index in [1.54, 1.807) is 0 Å². The monoisotopic (exact) mass is 213 g/mol. The van der Waals surface area contributed by atoms with E-state index in [0.717, 1.165) is 4.90 Å². The number of amides is 1. The van der Waals surface area contributed by atoms with E-state index < -0.39 is 18.6 Å². The maximum Gasteiger partial charge on any atom is 0.522 e. The zero-order chi connectivity index (χ0) is 10.8. The molecule has 0 unspecified atom stereocenters. The van der Waals surface area contributed by atoms with Crippen LogP contribution in [0.15, 0.2) is 0 Å². The van der Waals surface area contributed by atoms with Gasteiger partial charge in [0.05, 0.1) is 6.10 Å². The van der Waals surface area contributed by atoms with Gasteiger partial charge in [0, 0.05) is 13.1 Å². The van der Waals surface area contributed by atoms with Gasteiger partial charge in [-0.1, -0.05) is 0 Å². The molecular formula is C7H10F3NO3. The molecule has 0 aliphatic carbocycles. The second-order valence-electron chi connectivity index (χ2n) is 3.03. The van der Waals surface area contributed by atoms with E-state index in [-0.39, 0.29) is 25.9 Å². The molecule has 82 valence electrons. The predicted octanol–water partition coefficient (Wildman–Crippen LogP) is 1.67. The smallest absolute Gasteiger partial charge is 0.465 e. The third-order valence-corrected chi connectivity index (χ3v) is 2.01. The fraction of sp³-hybridized carbons (Fsp3) is 0.857. The molecule has 0 aromatic heterocycles. The maximum absolute atomic E-state index is 11.7. The Bertz CT molecular complexity index is 211. The van der Waals surface area contributed by atoms with E-state index >= 15 is 0 Å². The predicted molar refractivity (Wildman–Crippen MR) is 39.8 cm³/mol. The Morgan fingerprint density at radius 3 is 2.21 bits per heavy atom. The van der Waals surface area contributed by atoms with Crippen LogP contribution < -0.4 is 0 Å². The van der Waals surface area contributed by atoms with Gasteiger partial charge in [-0.25, -0.2) is 4.79 Å². The third kappa shape index (κ3) is 3.41. The van der Waals surface area contributed by atoms with Gasteiger partial charge in [0.15, 0.2) is 0 Å². The summed E-state index contributed by atoms with van der Waals surface area (Å²) in [5.74, 6) is 0. The van der Waals surface area contributed by atoms with Crippen molar-refractivity contribution in [1.29, 1.82) is 0 Å². The second kappa shape index (κ2) is 4.04. The molecule has 1 aliphatic rings. The van der Waals surface area contributed by atoms with Gasteiger partial charge in [-0.05, 0) is 12.8 Å². The molecule has 14 heavy (non-hydrogen) atoms. The fourth-order valence-electron chi connectivity index (χ4n) is 1.35. The standard InChI is InChI=1S/C7H10F3NO3/c8-7(9,10)14-5-1-3-11(4-2-5)6(12)13/h5H,1-4H2,(H,12,13). The number of hydrogen-bond donors (Lipinski definition) is 1. The van der Waals surface area contributed by atoms with Gasteiger partial charge in [0.1, 0.15) is 0 Å². The first-order chi connectivity index (χ1) is 6.38.